The van der Waals surface area contributed by atoms with Gasteiger partial charge in [-0.1, -0.05) is 0 Å². The van der Waals surface area contributed by atoms with Crippen LogP contribution in [-0.4, -0.2) is 48.9 Å². The molecule has 0 rings (SSSR count). The average Bonchev–Trinajstić information content (AvgIpc) is 0. The van der Waals surface area contributed by atoms with Crippen LogP contribution in [0.1, 0.15) is 0 Å². The molecule has 0 heterocycles. The van der Waals surface area contributed by atoms with Gasteiger partial charge in [0.25, 0.3) is 0 Å². The van der Waals surface area contributed by atoms with Gasteiger partial charge in [0.15, 0.2) is 0 Å². The molecule has 0 radical (unpaired) electrons. The smallest absolute Gasteiger partial charge is 1.00 e. The third-order valence-corrected chi connectivity index (χ3v) is 0. The van der Waals surface area contributed by atoms with Gasteiger partial charge in [-0.3, -0.25) is 0 Å². The maximum Gasteiger partial charge on any atom is 2.00 e. The van der Waals surface area contributed by atoms with Gasteiger partial charge in [0.1, 0.15) is 0 Å². The summed E-state index contributed by atoms with van der Waals surface area (Å²) in [5, 5.41) is 0. The second-order valence-corrected chi connectivity index (χ2v) is 0. The molecule has 0 nitrogen and oxygen atoms in total. The average molecular weight is 384 g/mol. The molecule has 24 valence electrons. The molecule has 0 aromatic carbocycles. The van der Waals surface area contributed by atoms with Crippen LogP contribution in [0.5, 0.6) is 0 Å². The summed E-state index contributed by atoms with van der Waals surface area (Å²) in [5.74, 6) is 0. The standard InChI is InChI=1S/Ba.3BrH.Li/h;3*1H;/q+2;;;;+1/p-3. The van der Waals surface area contributed by atoms with Crippen molar-refractivity contribution in [2.24, 2.45) is 0 Å². The maximum atomic E-state index is 0. The molecule has 5 heteroatoms. The zero-order valence-corrected chi connectivity index (χ0v) is 12.0. The summed E-state index contributed by atoms with van der Waals surface area (Å²) < 4.78 is 0. The number of hydrogen-bond acceptors (Lipinski definition) is 0. The summed E-state index contributed by atoms with van der Waals surface area (Å²) in [7, 11) is 0. The van der Waals surface area contributed by atoms with Crippen LogP contribution in [0.15, 0.2) is 0 Å². The van der Waals surface area contributed by atoms with Crippen molar-refractivity contribution in [1.29, 1.82) is 0 Å². The van der Waals surface area contributed by atoms with E-state index in [1.54, 1.807) is 0 Å². The van der Waals surface area contributed by atoms with Gasteiger partial charge in [0.2, 0.25) is 0 Å². The summed E-state index contributed by atoms with van der Waals surface area (Å²) in [6.45, 7) is 0. The Labute approximate surface area is 116 Å². The predicted molar refractivity (Wildman–Crippen MR) is 5.75 cm³/mol. The fourth-order valence-electron chi connectivity index (χ4n) is 0. The van der Waals surface area contributed by atoms with Crippen LogP contribution in [0.2, 0.25) is 0 Å². The zero-order chi connectivity index (χ0) is 0. The molecule has 0 saturated carbocycles. The molecule has 5 heavy (non-hydrogen) atoms. The first-order valence-electron chi connectivity index (χ1n) is 0. The Morgan fingerprint density at radius 1 is 0.600 bits per heavy atom. The number of hydrogen-bond donors (Lipinski definition) is 0. The van der Waals surface area contributed by atoms with Crippen LogP contribution in [-0.2, 0) is 0 Å². The first-order chi connectivity index (χ1) is 0. The predicted octanol–water partition coefficient (Wildman–Crippen LogP) is -12.4. The molecule has 0 atom stereocenters. The van der Waals surface area contributed by atoms with E-state index in [4.69, 9.17) is 0 Å². The normalized spacial score (nSPS) is 0. The molecule has 0 aliphatic heterocycles. The van der Waals surface area contributed by atoms with Crippen LogP contribution in [0.25, 0.3) is 0 Å². The van der Waals surface area contributed by atoms with E-state index in [1.807, 2.05) is 0 Å². The molecule has 0 N–H and O–H groups in total. The molecular formula is BaBr3Li. The van der Waals surface area contributed by atoms with Crippen molar-refractivity contribution in [1.82, 2.24) is 0 Å². The fourth-order valence-corrected chi connectivity index (χ4v) is 0. The molecule has 0 saturated heterocycles. The quantitative estimate of drug-likeness (QED) is 0.364. The van der Waals surface area contributed by atoms with Gasteiger partial charge in [-0.15, -0.1) is 0 Å². The molecule has 0 unspecified atom stereocenters. The monoisotopic (exact) mass is 382 g/mol. The summed E-state index contributed by atoms with van der Waals surface area (Å²) in [6.07, 6.45) is 0. The van der Waals surface area contributed by atoms with Gasteiger partial charge in [0, 0.05) is 0 Å². The minimum Gasteiger partial charge on any atom is -1.00 e. The van der Waals surface area contributed by atoms with Crippen molar-refractivity contribution < 1.29 is 69.8 Å². The number of halogens is 3. The summed E-state index contributed by atoms with van der Waals surface area (Å²) in [6, 6.07) is 0. The molecule has 0 aliphatic carbocycles. The van der Waals surface area contributed by atoms with Gasteiger partial charge in [-0.05, 0) is 0 Å². The second-order valence-electron chi connectivity index (χ2n) is 0. The maximum absolute atomic E-state index is 0. The molecule has 0 aliphatic rings. The van der Waals surface area contributed by atoms with Crippen LogP contribution < -0.4 is 69.8 Å². The van der Waals surface area contributed by atoms with Gasteiger partial charge in [-0.2, -0.15) is 0 Å². The Morgan fingerprint density at radius 3 is 0.600 bits per heavy atom. The third kappa shape index (κ3) is 18.4. The summed E-state index contributed by atoms with van der Waals surface area (Å²) in [5.41, 5.74) is 0. The van der Waals surface area contributed by atoms with E-state index < -0.39 is 0 Å². The Balaban J connectivity index is 0. The van der Waals surface area contributed by atoms with Gasteiger partial charge < -0.3 is 50.9 Å². The van der Waals surface area contributed by atoms with Gasteiger partial charge in [-0.25, -0.2) is 0 Å². The first kappa shape index (κ1) is 38.3. The van der Waals surface area contributed by atoms with E-state index >= 15 is 0 Å². The van der Waals surface area contributed by atoms with E-state index in [0.29, 0.717) is 0 Å². The minimum absolute atomic E-state index is 0. The largest absolute Gasteiger partial charge is 2.00 e. The molecule has 0 aromatic heterocycles. The van der Waals surface area contributed by atoms with Gasteiger partial charge >= 0.3 is 67.7 Å². The third-order valence-electron chi connectivity index (χ3n) is 0. The molecular weight excluding hydrogens is 384 g/mol. The van der Waals surface area contributed by atoms with E-state index in [-0.39, 0.29) is 119 Å². The van der Waals surface area contributed by atoms with Crippen molar-refractivity contribution in [3.8, 4) is 0 Å². The topological polar surface area (TPSA) is 0 Å². The van der Waals surface area contributed by atoms with Crippen molar-refractivity contribution in [3.63, 3.8) is 0 Å². The fraction of sp³-hybridized carbons (Fsp3) is 0. The van der Waals surface area contributed by atoms with E-state index in [9.17, 15) is 0 Å². The Kier molecular flexibility index (Phi) is 195. The van der Waals surface area contributed by atoms with E-state index in [1.165, 1.54) is 0 Å². The van der Waals surface area contributed by atoms with Gasteiger partial charge in [0.05, 0.1) is 0 Å². The van der Waals surface area contributed by atoms with Crippen molar-refractivity contribution in [3.05, 3.63) is 0 Å². The SMILES string of the molecule is [Ba+2].[Br-].[Br-].[Br-].[Li+]. The summed E-state index contributed by atoms with van der Waals surface area (Å²) >= 11 is 0. The van der Waals surface area contributed by atoms with Crippen LogP contribution in [0.4, 0.5) is 0 Å². The van der Waals surface area contributed by atoms with E-state index in [0.717, 1.165) is 0 Å². The Hall–Kier alpha value is 3.61. The van der Waals surface area contributed by atoms with Crippen molar-refractivity contribution in [2.45, 2.75) is 0 Å². The molecule has 0 amide bonds. The number of rotatable bonds is 0. The van der Waals surface area contributed by atoms with Crippen molar-refractivity contribution in [2.75, 3.05) is 0 Å². The molecule has 0 aromatic rings. The second kappa shape index (κ2) is 25.5. The Morgan fingerprint density at radius 2 is 0.600 bits per heavy atom. The summed E-state index contributed by atoms with van der Waals surface area (Å²) in [4.78, 5) is 0. The molecule has 0 bridgehead atoms. The minimum atomic E-state index is 0. The first-order valence-corrected chi connectivity index (χ1v) is 0. The Bertz CT molecular complexity index is 6.85. The molecule has 0 fully saturated rings. The van der Waals surface area contributed by atoms with Crippen LogP contribution in [0, 0.1) is 0 Å². The zero-order valence-electron chi connectivity index (χ0n) is 2.84. The van der Waals surface area contributed by atoms with Crippen molar-refractivity contribution >= 4 is 48.9 Å². The van der Waals surface area contributed by atoms with E-state index in [2.05, 4.69) is 0 Å². The van der Waals surface area contributed by atoms with Crippen LogP contribution in [0.3, 0.4) is 0 Å². The van der Waals surface area contributed by atoms with Crippen LogP contribution >= 0.6 is 0 Å². The molecule has 0 spiro atoms.